The number of carbonyl (C=O) groups is 2. The molecule has 1 aliphatic rings. The molecule has 0 saturated carbocycles. The van der Waals surface area contributed by atoms with Gasteiger partial charge in [0.25, 0.3) is 0 Å². The molecule has 0 aliphatic heterocycles. The standard InChI is InChI=1S/C16H11FN4O2/c17-11-5-7-12(8-6-11)19-15(23)16(20-21-18)9-10-3-1-2-4-13(10)14(16)22/h1-8H,9H2,(H,19,23). The minimum Gasteiger partial charge on any atom is -0.325 e. The van der Waals surface area contributed by atoms with Gasteiger partial charge >= 0.3 is 0 Å². The number of hydrogen-bond acceptors (Lipinski definition) is 3. The molecule has 3 rings (SSSR count). The molecule has 7 heteroatoms. The molecule has 0 heterocycles. The first-order valence-corrected chi connectivity index (χ1v) is 6.83. The molecule has 1 amide bonds. The van der Waals surface area contributed by atoms with Crippen LogP contribution in [0.25, 0.3) is 10.4 Å². The Labute approximate surface area is 130 Å². The van der Waals surface area contributed by atoms with Crippen LogP contribution >= 0.6 is 0 Å². The van der Waals surface area contributed by atoms with Crippen LogP contribution in [0.15, 0.2) is 53.6 Å². The summed E-state index contributed by atoms with van der Waals surface area (Å²) in [6.45, 7) is 0. The highest BCUT2D eigenvalue weighted by molar-refractivity contribution is 6.24. The lowest BCUT2D eigenvalue weighted by atomic mass is 9.94. The zero-order valence-electron chi connectivity index (χ0n) is 11.9. The maximum Gasteiger partial charge on any atom is 0.244 e. The third-order valence-corrected chi connectivity index (χ3v) is 3.78. The lowest BCUT2D eigenvalue weighted by Gasteiger charge is -2.20. The minimum absolute atomic E-state index is 0.000898. The first-order chi connectivity index (χ1) is 11.1. The van der Waals surface area contributed by atoms with Gasteiger partial charge in [-0.2, -0.15) is 0 Å². The lowest BCUT2D eigenvalue weighted by Crippen LogP contribution is -2.46. The summed E-state index contributed by atoms with van der Waals surface area (Å²) in [7, 11) is 0. The van der Waals surface area contributed by atoms with E-state index >= 15 is 0 Å². The Morgan fingerprint density at radius 2 is 1.91 bits per heavy atom. The molecule has 0 fully saturated rings. The Hall–Kier alpha value is -3.18. The van der Waals surface area contributed by atoms with E-state index in [1.807, 2.05) is 0 Å². The molecule has 2 aromatic carbocycles. The Bertz CT molecular complexity index is 843. The van der Waals surface area contributed by atoms with Gasteiger partial charge in [-0.05, 0) is 35.4 Å². The van der Waals surface area contributed by atoms with Crippen molar-refractivity contribution in [3.63, 3.8) is 0 Å². The molecule has 23 heavy (non-hydrogen) atoms. The van der Waals surface area contributed by atoms with Crippen LogP contribution in [0.4, 0.5) is 10.1 Å². The Morgan fingerprint density at radius 3 is 2.57 bits per heavy atom. The van der Waals surface area contributed by atoms with Crippen molar-refractivity contribution < 1.29 is 14.0 Å². The maximum absolute atomic E-state index is 12.9. The van der Waals surface area contributed by atoms with Gasteiger partial charge in [0.2, 0.25) is 5.91 Å². The van der Waals surface area contributed by atoms with Crippen LogP contribution in [0.1, 0.15) is 15.9 Å². The summed E-state index contributed by atoms with van der Waals surface area (Å²) in [4.78, 5) is 27.9. The molecule has 114 valence electrons. The molecule has 0 radical (unpaired) electrons. The molecule has 6 nitrogen and oxygen atoms in total. The molecule has 1 atom stereocenters. The number of nitrogens with one attached hydrogen (secondary N) is 1. The van der Waals surface area contributed by atoms with Gasteiger partial charge in [-0.15, -0.1) is 0 Å². The third-order valence-electron chi connectivity index (χ3n) is 3.78. The van der Waals surface area contributed by atoms with Gasteiger partial charge in [-0.25, -0.2) is 4.39 Å². The zero-order valence-corrected chi connectivity index (χ0v) is 11.9. The summed E-state index contributed by atoms with van der Waals surface area (Å²) in [5.41, 5.74) is 8.30. The average Bonchev–Trinajstić information content (AvgIpc) is 2.84. The summed E-state index contributed by atoms with van der Waals surface area (Å²) < 4.78 is 12.9. The fourth-order valence-electron chi connectivity index (χ4n) is 2.63. The Balaban J connectivity index is 1.97. The van der Waals surface area contributed by atoms with Crippen LogP contribution in [0.2, 0.25) is 0 Å². The number of halogens is 1. The first-order valence-electron chi connectivity index (χ1n) is 6.83. The van der Waals surface area contributed by atoms with Crippen LogP contribution < -0.4 is 5.32 Å². The quantitative estimate of drug-likeness (QED) is 0.407. The number of fused-ring (bicyclic) bond motifs is 1. The van der Waals surface area contributed by atoms with Gasteiger partial charge in [0, 0.05) is 22.6 Å². The van der Waals surface area contributed by atoms with Gasteiger partial charge < -0.3 is 5.32 Å². The number of amides is 1. The molecule has 0 saturated heterocycles. The van der Waals surface area contributed by atoms with Gasteiger partial charge in [0.05, 0.1) is 0 Å². The highest BCUT2D eigenvalue weighted by Gasteiger charge is 2.51. The van der Waals surface area contributed by atoms with Gasteiger partial charge in [-0.3, -0.25) is 9.59 Å². The Kier molecular flexibility index (Phi) is 3.56. The predicted octanol–water partition coefficient (Wildman–Crippen LogP) is 3.25. The summed E-state index contributed by atoms with van der Waals surface area (Å²) in [5, 5.41) is 6.02. The number of hydrogen-bond donors (Lipinski definition) is 1. The minimum atomic E-state index is -1.85. The highest BCUT2D eigenvalue weighted by atomic mass is 19.1. The SMILES string of the molecule is [N-]=[N+]=NC1(C(=O)Nc2ccc(F)cc2)Cc2ccccc2C1=O. The van der Waals surface area contributed by atoms with E-state index in [2.05, 4.69) is 15.3 Å². The van der Waals surface area contributed by atoms with Crippen LogP contribution in [-0.2, 0) is 11.2 Å². The number of anilines is 1. The molecule has 1 N–H and O–H groups in total. The molecule has 1 unspecified atom stereocenters. The maximum atomic E-state index is 12.9. The number of carbonyl (C=O) groups excluding carboxylic acids is 2. The van der Waals surface area contributed by atoms with Crippen molar-refractivity contribution in [2.45, 2.75) is 12.0 Å². The van der Waals surface area contributed by atoms with Crippen LogP contribution in [0.5, 0.6) is 0 Å². The smallest absolute Gasteiger partial charge is 0.244 e. The van der Waals surface area contributed by atoms with E-state index in [0.29, 0.717) is 16.8 Å². The van der Waals surface area contributed by atoms with E-state index in [0.717, 1.165) is 0 Å². The normalized spacial score (nSPS) is 18.9. The largest absolute Gasteiger partial charge is 0.325 e. The topological polar surface area (TPSA) is 94.9 Å². The van der Waals surface area contributed by atoms with Crippen molar-refractivity contribution in [2.24, 2.45) is 5.11 Å². The number of Topliss-reactive ketones (excluding diaryl/α,β-unsaturated/α-hetero) is 1. The van der Waals surface area contributed by atoms with Crippen molar-refractivity contribution in [3.05, 3.63) is 75.9 Å². The number of nitrogens with zero attached hydrogens (tertiary/aromatic N) is 3. The van der Waals surface area contributed by atoms with E-state index in [1.165, 1.54) is 24.3 Å². The van der Waals surface area contributed by atoms with Crippen LogP contribution in [-0.4, -0.2) is 17.2 Å². The van der Waals surface area contributed by atoms with E-state index in [-0.39, 0.29) is 6.42 Å². The second-order valence-corrected chi connectivity index (χ2v) is 5.17. The predicted molar refractivity (Wildman–Crippen MR) is 81.4 cm³/mol. The van der Waals surface area contributed by atoms with Gasteiger partial charge in [-0.1, -0.05) is 29.4 Å². The Morgan fingerprint density at radius 1 is 1.22 bits per heavy atom. The van der Waals surface area contributed by atoms with E-state index < -0.39 is 23.0 Å². The van der Waals surface area contributed by atoms with E-state index in [1.54, 1.807) is 24.3 Å². The zero-order chi connectivity index (χ0) is 16.4. The van der Waals surface area contributed by atoms with E-state index in [9.17, 15) is 14.0 Å². The average molecular weight is 310 g/mol. The number of rotatable bonds is 3. The number of azide groups is 1. The molecule has 0 spiro atoms. The van der Waals surface area contributed by atoms with Crippen LogP contribution in [0.3, 0.4) is 0 Å². The van der Waals surface area contributed by atoms with Crippen LogP contribution in [0, 0.1) is 5.82 Å². The van der Waals surface area contributed by atoms with E-state index in [4.69, 9.17) is 5.53 Å². The second kappa shape index (κ2) is 5.55. The third kappa shape index (κ3) is 2.43. The molecule has 0 bridgehead atoms. The fourth-order valence-corrected chi connectivity index (χ4v) is 2.63. The molecule has 0 aromatic heterocycles. The van der Waals surface area contributed by atoms with Crippen molar-refractivity contribution in [2.75, 3.05) is 5.32 Å². The molecule has 2 aromatic rings. The highest BCUT2D eigenvalue weighted by Crippen LogP contribution is 2.34. The summed E-state index contributed by atoms with van der Waals surface area (Å²) in [6, 6.07) is 11.8. The second-order valence-electron chi connectivity index (χ2n) is 5.17. The summed E-state index contributed by atoms with van der Waals surface area (Å²) >= 11 is 0. The van der Waals surface area contributed by atoms with Crippen molar-refractivity contribution >= 4 is 17.4 Å². The van der Waals surface area contributed by atoms with Gasteiger partial charge in [0.15, 0.2) is 11.3 Å². The van der Waals surface area contributed by atoms with Crippen molar-refractivity contribution in [3.8, 4) is 0 Å². The fraction of sp³-hybridized carbons (Fsp3) is 0.125. The molecular weight excluding hydrogens is 299 g/mol. The molecule has 1 aliphatic carbocycles. The first kappa shape index (κ1) is 14.7. The molecular formula is C16H11FN4O2. The summed E-state index contributed by atoms with van der Waals surface area (Å²) in [6.07, 6.45) is -0.000898. The van der Waals surface area contributed by atoms with Crippen molar-refractivity contribution in [1.29, 1.82) is 0 Å². The number of ketones is 1. The van der Waals surface area contributed by atoms with Gasteiger partial charge in [0.1, 0.15) is 5.82 Å². The monoisotopic (exact) mass is 310 g/mol. The summed E-state index contributed by atoms with van der Waals surface area (Å²) in [5.74, 6) is -1.72. The lowest BCUT2D eigenvalue weighted by molar-refractivity contribution is -0.119. The van der Waals surface area contributed by atoms with Crippen molar-refractivity contribution in [1.82, 2.24) is 0 Å². The number of benzene rings is 2.